The quantitative estimate of drug-likeness (QED) is 0.221. The molecule has 0 spiro atoms. The molecule has 0 radical (unpaired) electrons. The van der Waals surface area contributed by atoms with Crippen molar-refractivity contribution in [2.75, 3.05) is 45.8 Å². The molecule has 0 bridgehead atoms. The summed E-state index contributed by atoms with van der Waals surface area (Å²) in [6.45, 7) is 3.80. The standard InChI is InChI=1S/C35H34Cl2N4O2/c36-30-15-11-28(12-16-30)33(29-13-17-31(37)18-14-29)39-21-19-38(20-22-39)32(42)25-40-23-24-41(35(40)43)34(26-7-3-1-4-8-26)27-9-5-2-6-10-27/h1-18,33-34H,19-25H2. The smallest absolute Gasteiger partial charge is 0.321 e. The Balaban J connectivity index is 1.11. The van der Waals surface area contributed by atoms with Gasteiger partial charge in [-0.15, -0.1) is 0 Å². The lowest BCUT2D eigenvalue weighted by atomic mass is 9.96. The number of carbonyl (C=O) groups excluding carboxylic acids is 2. The Labute approximate surface area is 263 Å². The first-order valence-electron chi connectivity index (χ1n) is 14.7. The van der Waals surface area contributed by atoms with Gasteiger partial charge < -0.3 is 14.7 Å². The molecule has 2 aliphatic heterocycles. The largest absolute Gasteiger partial charge is 0.339 e. The number of benzene rings is 4. The molecule has 4 aromatic rings. The zero-order chi connectivity index (χ0) is 29.8. The predicted octanol–water partition coefficient (Wildman–Crippen LogP) is 6.75. The maximum Gasteiger partial charge on any atom is 0.321 e. The number of urea groups is 1. The molecule has 2 fully saturated rings. The molecular weight excluding hydrogens is 579 g/mol. The van der Waals surface area contributed by atoms with Crippen LogP contribution in [0.25, 0.3) is 0 Å². The first-order valence-corrected chi connectivity index (χ1v) is 15.4. The summed E-state index contributed by atoms with van der Waals surface area (Å²) in [5.74, 6) is -0.0136. The van der Waals surface area contributed by atoms with E-state index in [9.17, 15) is 9.59 Å². The van der Waals surface area contributed by atoms with Gasteiger partial charge in [0.25, 0.3) is 0 Å². The normalized spacial score (nSPS) is 16.0. The summed E-state index contributed by atoms with van der Waals surface area (Å²) < 4.78 is 0. The second-order valence-electron chi connectivity index (χ2n) is 11.0. The molecule has 8 heteroatoms. The fourth-order valence-corrected chi connectivity index (χ4v) is 6.46. The molecule has 0 unspecified atom stereocenters. The maximum absolute atomic E-state index is 13.7. The predicted molar refractivity (Wildman–Crippen MR) is 171 cm³/mol. The first kappa shape index (κ1) is 29.2. The minimum absolute atomic E-state index is 0.0136. The summed E-state index contributed by atoms with van der Waals surface area (Å²) in [5.41, 5.74) is 4.39. The summed E-state index contributed by atoms with van der Waals surface area (Å²) in [6, 6.07) is 35.8. The van der Waals surface area contributed by atoms with E-state index in [4.69, 9.17) is 23.2 Å². The molecule has 220 valence electrons. The van der Waals surface area contributed by atoms with Gasteiger partial charge in [-0.05, 0) is 46.5 Å². The van der Waals surface area contributed by atoms with Crippen molar-refractivity contribution in [3.8, 4) is 0 Å². The van der Waals surface area contributed by atoms with Crippen molar-refractivity contribution in [2.45, 2.75) is 12.1 Å². The van der Waals surface area contributed by atoms with Crippen molar-refractivity contribution in [1.29, 1.82) is 0 Å². The van der Waals surface area contributed by atoms with Crippen molar-refractivity contribution in [3.63, 3.8) is 0 Å². The van der Waals surface area contributed by atoms with E-state index < -0.39 is 0 Å². The Hall–Kier alpha value is -3.84. The number of amides is 3. The molecule has 2 heterocycles. The summed E-state index contributed by atoms with van der Waals surface area (Å²) in [4.78, 5) is 35.0. The highest BCUT2D eigenvalue weighted by atomic mass is 35.5. The Kier molecular flexibility index (Phi) is 8.98. The lowest BCUT2D eigenvalue weighted by Crippen LogP contribution is -2.52. The highest BCUT2D eigenvalue weighted by Gasteiger charge is 2.37. The lowest BCUT2D eigenvalue weighted by molar-refractivity contribution is -0.133. The van der Waals surface area contributed by atoms with Crippen molar-refractivity contribution >= 4 is 35.1 Å². The topological polar surface area (TPSA) is 47.1 Å². The van der Waals surface area contributed by atoms with Crippen LogP contribution in [0.2, 0.25) is 10.0 Å². The number of hydrogen-bond donors (Lipinski definition) is 0. The van der Waals surface area contributed by atoms with Crippen LogP contribution in [0.3, 0.4) is 0 Å². The molecule has 0 N–H and O–H groups in total. The van der Waals surface area contributed by atoms with Gasteiger partial charge in [-0.1, -0.05) is 108 Å². The van der Waals surface area contributed by atoms with E-state index in [1.165, 1.54) is 0 Å². The van der Waals surface area contributed by atoms with Crippen LogP contribution in [0.15, 0.2) is 109 Å². The molecule has 43 heavy (non-hydrogen) atoms. The van der Waals surface area contributed by atoms with E-state index in [1.54, 1.807) is 4.90 Å². The van der Waals surface area contributed by atoms with Crippen LogP contribution in [-0.2, 0) is 4.79 Å². The van der Waals surface area contributed by atoms with E-state index in [0.717, 1.165) is 22.3 Å². The Morgan fingerprint density at radius 3 is 1.53 bits per heavy atom. The first-order chi connectivity index (χ1) is 21.0. The van der Waals surface area contributed by atoms with Crippen LogP contribution in [0.1, 0.15) is 34.3 Å². The van der Waals surface area contributed by atoms with Crippen molar-refractivity contribution in [1.82, 2.24) is 19.6 Å². The van der Waals surface area contributed by atoms with Gasteiger partial charge in [-0.3, -0.25) is 9.69 Å². The van der Waals surface area contributed by atoms with Crippen molar-refractivity contribution in [2.24, 2.45) is 0 Å². The van der Waals surface area contributed by atoms with Crippen LogP contribution >= 0.6 is 23.2 Å². The SMILES string of the molecule is O=C(CN1CCN(C(c2ccccc2)c2ccccc2)C1=O)N1CCN(C(c2ccc(Cl)cc2)c2ccc(Cl)cc2)CC1. The number of halogens is 2. The molecule has 0 aliphatic carbocycles. The minimum Gasteiger partial charge on any atom is -0.339 e. The maximum atomic E-state index is 13.7. The van der Waals surface area contributed by atoms with E-state index in [1.807, 2.05) is 70.5 Å². The van der Waals surface area contributed by atoms with Crippen LogP contribution in [0.4, 0.5) is 4.79 Å². The van der Waals surface area contributed by atoms with Crippen LogP contribution < -0.4 is 0 Å². The van der Waals surface area contributed by atoms with Gasteiger partial charge in [0, 0.05) is 49.3 Å². The summed E-state index contributed by atoms with van der Waals surface area (Å²) in [5, 5.41) is 1.39. The number of carbonyl (C=O) groups is 2. The second kappa shape index (κ2) is 13.2. The zero-order valence-corrected chi connectivity index (χ0v) is 25.4. The zero-order valence-electron chi connectivity index (χ0n) is 23.9. The molecule has 2 aliphatic rings. The van der Waals surface area contributed by atoms with Gasteiger partial charge in [-0.2, -0.15) is 0 Å². The molecule has 0 atom stereocenters. The molecular formula is C35H34Cl2N4O2. The summed E-state index contributed by atoms with van der Waals surface area (Å²) >= 11 is 12.4. The van der Waals surface area contributed by atoms with Gasteiger partial charge in [0.05, 0.1) is 12.1 Å². The van der Waals surface area contributed by atoms with Gasteiger partial charge in [0.15, 0.2) is 0 Å². The molecule has 0 saturated carbocycles. The van der Waals surface area contributed by atoms with Gasteiger partial charge in [0.2, 0.25) is 5.91 Å². The average molecular weight is 614 g/mol. The molecule has 2 saturated heterocycles. The van der Waals surface area contributed by atoms with Crippen LogP contribution in [0.5, 0.6) is 0 Å². The highest BCUT2D eigenvalue weighted by molar-refractivity contribution is 6.30. The monoisotopic (exact) mass is 612 g/mol. The third-order valence-electron chi connectivity index (χ3n) is 8.40. The molecule has 6 nitrogen and oxygen atoms in total. The molecule has 4 aromatic carbocycles. The number of nitrogens with zero attached hydrogens (tertiary/aromatic N) is 4. The fraction of sp³-hybridized carbons (Fsp3) is 0.257. The fourth-order valence-electron chi connectivity index (χ4n) is 6.21. The average Bonchev–Trinajstić information content (AvgIpc) is 3.39. The summed E-state index contributed by atoms with van der Waals surface area (Å²) in [7, 11) is 0. The third kappa shape index (κ3) is 6.57. The highest BCUT2D eigenvalue weighted by Crippen LogP contribution is 2.33. The van der Waals surface area contributed by atoms with E-state index in [2.05, 4.69) is 53.4 Å². The van der Waals surface area contributed by atoms with Crippen LogP contribution in [-0.4, -0.2) is 77.4 Å². The summed E-state index contributed by atoms with van der Waals surface area (Å²) in [6.07, 6.45) is 0. The molecule has 3 amide bonds. The van der Waals surface area contributed by atoms with Crippen molar-refractivity contribution in [3.05, 3.63) is 141 Å². The van der Waals surface area contributed by atoms with Gasteiger partial charge >= 0.3 is 6.03 Å². The van der Waals surface area contributed by atoms with E-state index in [-0.39, 0.29) is 30.6 Å². The minimum atomic E-state index is -0.198. The van der Waals surface area contributed by atoms with Crippen molar-refractivity contribution < 1.29 is 9.59 Å². The number of rotatable bonds is 8. The number of hydrogen-bond acceptors (Lipinski definition) is 3. The second-order valence-corrected chi connectivity index (χ2v) is 11.9. The van der Waals surface area contributed by atoms with Crippen LogP contribution in [0, 0.1) is 0 Å². The lowest BCUT2D eigenvalue weighted by Gasteiger charge is -2.40. The molecule has 0 aromatic heterocycles. The Bertz CT molecular complexity index is 1440. The molecule has 6 rings (SSSR count). The Morgan fingerprint density at radius 2 is 1.05 bits per heavy atom. The Morgan fingerprint density at radius 1 is 0.581 bits per heavy atom. The van der Waals surface area contributed by atoms with Gasteiger partial charge in [-0.25, -0.2) is 4.79 Å². The number of piperazine rings is 1. The van der Waals surface area contributed by atoms with E-state index >= 15 is 0 Å². The van der Waals surface area contributed by atoms with E-state index in [0.29, 0.717) is 49.3 Å². The third-order valence-corrected chi connectivity index (χ3v) is 8.90. The van der Waals surface area contributed by atoms with Gasteiger partial charge in [0.1, 0.15) is 6.54 Å².